The van der Waals surface area contributed by atoms with Gasteiger partial charge in [0, 0.05) is 18.8 Å². The molecule has 2 aliphatic rings. The maximum Gasteiger partial charge on any atom is 0.226 e. The molecule has 1 atom stereocenters. The number of hydrogen-bond acceptors (Lipinski definition) is 3. The number of halogens is 1. The summed E-state index contributed by atoms with van der Waals surface area (Å²) in [5, 5.41) is 6.32. The Morgan fingerprint density at radius 1 is 1.40 bits per heavy atom. The van der Waals surface area contributed by atoms with Crippen molar-refractivity contribution in [3.05, 3.63) is 29.3 Å². The molecule has 1 unspecified atom stereocenters. The van der Waals surface area contributed by atoms with Crippen LogP contribution in [-0.4, -0.2) is 25.2 Å². The first-order valence-corrected chi connectivity index (χ1v) is 7.05. The van der Waals surface area contributed by atoms with E-state index in [4.69, 9.17) is 4.74 Å². The van der Waals surface area contributed by atoms with Crippen molar-refractivity contribution in [2.45, 2.75) is 38.3 Å². The molecule has 2 heterocycles. The van der Waals surface area contributed by atoms with Crippen LogP contribution < -0.4 is 10.6 Å². The van der Waals surface area contributed by atoms with Crippen molar-refractivity contribution in [1.29, 1.82) is 0 Å². The Hall–Kier alpha value is -1.10. The monoisotopic (exact) mass is 296 g/mol. The minimum absolute atomic E-state index is 0. The predicted octanol–water partition coefficient (Wildman–Crippen LogP) is 2.26. The molecule has 20 heavy (non-hydrogen) atoms. The number of rotatable bonds is 3. The molecule has 2 N–H and O–H groups in total. The van der Waals surface area contributed by atoms with Gasteiger partial charge in [-0.2, -0.15) is 0 Å². The van der Waals surface area contributed by atoms with E-state index in [1.807, 2.05) is 6.07 Å². The van der Waals surface area contributed by atoms with Gasteiger partial charge >= 0.3 is 0 Å². The highest BCUT2D eigenvalue weighted by molar-refractivity contribution is 5.91. The lowest BCUT2D eigenvalue weighted by Gasteiger charge is -2.18. The summed E-state index contributed by atoms with van der Waals surface area (Å²) in [5.74, 6) is 0.0515. The average Bonchev–Trinajstić information content (AvgIpc) is 2.91. The predicted molar refractivity (Wildman–Crippen MR) is 81.3 cm³/mol. The van der Waals surface area contributed by atoms with Crippen molar-refractivity contribution in [3.63, 3.8) is 0 Å². The number of nitrogens with one attached hydrogen (secondary N) is 2. The third kappa shape index (κ3) is 3.72. The zero-order valence-corrected chi connectivity index (χ0v) is 12.3. The fraction of sp³-hybridized carbons (Fsp3) is 0.533. The van der Waals surface area contributed by atoms with Gasteiger partial charge in [0.1, 0.15) is 0 Å². The lowest BCUT2D eigenvalue weighted by atomic mass is 10.0. The highest BCUT2D eigenvalue weighted by atomic mass is 35.5. The van der Waals surface area contributed by atoms with Crippen LogP contribution >= 0.6 is 12.4 Å². The lowest BCUT2D eigenvalue weighted by molar-refractivity contribution is -0.118. The number of anilines is 1. The second kappa shape index (κ2) is 7.07. The number of amides is 1. The van der Waals surface area contributed by atoms with Gasteiger partial charge in [-0.05, 0) is 49.1 Å². The SMILES string of the molecule is Cl.O=C(CC1CCCO1)Nc1ccc2c(c1)CNCC2. The summed E-state index contributed by atoms with van der Waals surface area (Å²) in [6.45, 7) is 2.73. The van der Waals surface area contributed by atoms with Gasteiger partial charge in [0.05, 0.1) is 12.5 Å². The van der Waals surface area contributed by atoms with Crippen molar-refractivity contribution in [2.75, 3.05) is 18.5 Å². The molecule has 0 aromatic heterocycles. The Balaban J connectivity index is 0.00000147. The molecule has 0 bridgehead atoms. The summed E-state index contributed by atoms with van der Waals surface area (Å²) in [5.41, 5.74) is 3.57. The van der Waals surface area contributed by atoms with Crippen molar-refractivity contribution in [2.24, 2.45) is 0 Å². The third-order valence-electron chi connectivity index (χ3n) is 3.81. The second-order valence-corrected chi connectivity index (χ2v) is 5.30. The molecule has 0 spiro atoms. The Bertz CT molecular complexity index is 473. The molecule has 4 nitrogen and oxygen atoms in total. The summed E-state index contributed by atoms with van der Waals surface area (Å²) in [4.78, 5) is 11.9. The van der Waals surface area contributed by atoms with Gasteiger partial charge in [-0.25, -0.2) is 0 Å². The molecule has 0 aliphatic carbocycles. The van der Waals surface area contributed by atoms with Crippen LogP contribution in [0.2, 0.25) is 0 Å². The summed E-state index contributed by atoms with van der Waals surface area (Å²) in [6, 6.07) is 6.20. The van der Waals surface area contributed by atoms with E-state index in [1.165, 1.54) is 11.1 Å². The first kappa shape index (κ1) is 15.3. The normalized spacial score (nSPS) is 20.9. The second-order valence-electron chi connectivity index (χ2n) is 5.30. The molecule has 0 radical (unpaired) electrons. The van der Waals surface area contributed by atoms with Crippen molar-refractivity contribution in [3.8, 4) is 0 Å². The summed E-state index contributed by atoms with van der Waals surface area (Å²) in [6.07, 6.45) is 3.72. The fourth-order valence-corrected chi connectivity index (χ4v) is 2.78. The summed E-state index contributed by atoms with van der Waals surface area (Å²) in [7, 11) is 0. The Morgan fingerprint density at radius 3 is 3.10 bits per heavy atom. The molecule has 3 rings (SSSR count). The van der Waals surface area contributed by atoms with Crippen LogP contribution in [0.5, 0.6) is 0 Å². The maximum atomic E-state index is 11.9. The number of benzene rings is 1. The van der Waals surface area contributed by atoms with E-state index in [2.05, 4.69) is 22.8 Å². The van der Waals surface area contributed by atoms with Crippen LogP contribution in [0.15, 0.2) is 18.2 Å². The Morgan fingerprint density at radius 2 is 2.30 bits per heavy atom. The van der Waals surface area contributed by atoms with Gasteiger partial charge < -0.3 is 15.4 Å². The first-order valence-electron chi connectivity index (χ1n) is 7.05. The van der Waals surface area contributed by atoms with Crippen molar-refractivity contribution >= 4 is 24.0 Å². The van der Waals surface area contributed by atoms with Crippen LogP contribution in [0.3, 0.4) is 0 Å². The van der Waals surface area contributed by atoms with Gasteiger partial charge in [-0.3, -0.25) is 4.79 Å². The molecule has 0 saturated carbocycles. The zero-order chi connectivity index (χ0) is 13.1. The molecule has 1 aromatic carbocycles. The van der Waals surface area contributed by atoms with Gasteiger partial charge in [0.2, 0.25) is 5.91 Å². The molecule has 110 valence electrons. The summed E-state index contributed by atoms with van der Waals surface area (Å²) < 4.78 is 5.48. The molecule has 1 saturated heterocycles. The minimum atomic E-state index is 0. The first-order chi connectivity index (χ1) is 9.31. The van der Waals surface area contributed by atoms with E-state index >= 15 is 0 Å². The number of carbonyl (C=O) groups is 1. The smallest absolute Gasteiger partial charge is 0.226 e. The van der Waals surface area contributed by atoms with Crippen LogP contribution in [0.4, 0.5) is 5.69 Å². The Labute approximate surface area is 125 Å². The zero-order valence-electron chi connectivity index (χ0n) is 11.5. The van der Waals surface area contributed by atoms with Gasteiger partial charge in [0.25, 0.3) is 0 Å². The highest BCUT2D eigenvalue weighted by Crippen LogP contribution is 2.20. The van der Waals surface area contributed by atoms with Gasteiger partial charge in [-0.1, -0.05) is 6.07 Å². The van der Waals surface area contributed by atoms with E-state index in [0.717, 1.165) is 44.6 Å². The van der Waals surface area contributed by atoms with E-state index in [1.54, 1.807) is 0 Å². The minimum Gasteiger partial charge on any atom is -0.378 e. The highest BCUT2D eigenvalue weighted by Gasteiger charge is 2.19. The maximum absolute atomic E-state index is 11.9. The van der Waals surface area contributed by atoms with Gasteiger partial charge in [-0.15, -0.1) is 12.4 Å². The molecular formula is C15H21ClN2O2. The van der Waals surface area contributed by atoms with Gasteiger partial charge in [0.15, 0.2) is 0 Å². The topological polar surface area (TPSA) is 50.4 Å². The van der Waals surface area contributed by atoms with Crippen LogP contribution in [0, 0.1) is 0 Å². The molecular weight excluding hydrogens is 276 g/mol. The van der Waals surface area contributed by atoms with Crippen molar-refractivity contribution < 1.29 is 9.53 Å². The quantitative estimate of drug-likeness (QED) is 0.899. The molecule has 1 amide bonds. The number of carbonyl (C=O) groups excluding carboxylic acids is 1. The van der Waals surface area contributed by atoms with Crippen molar-refractivity contribution in [1.82, 2.24) is 5.32 Å². The number of hydrogen-bond donors (Lipinski definition) is 2. The van der Waals surface area contributed by atoms with Crippen LogP contribution in [-0.2, 0) is 22.5 Å². The van der Waals surface area contributed by atoms with Crippen LogP contribution in [0.1, 0.15) is 30.4 Å². The Kier molecular flexibility index (Phi) is 5.40. The number of fused-ring (bicyclic) bond motifs is 1. The molecule has 1 aromatic rings. The fourth-order valence-electron chi connectivity index (χ4n) is 2.78. The van der Waals surface area contributed by atoms with Crippen LogP contribution in [0.25, 0.3) is 0 Å². The molecule has 1 fully saturated rings. The van der Waals surface area contributed by atoms with E-state index < -0.39 is 0 Å². The molecule has 2 aliphatic heterocycles. The average molecular weight is 297 g/mol. The molecule has 5 heteroatoms. The van der Waals surface area contributed by atoms with E-state index in [9.17, 15) is 4.79 Å². The number of ether oxygens (including phenoxy) is 1. The largest absolute Gasteiger partial charge is 0.378 e. The lowest BCUT2D eigenvalue weighted by Crippen LogP contribution is -2.24. The third-order valence-corrected chi connectivity index (χ3v) is 3.81. The summed E-state index contributed by atoms with van der Waals surface area (Å²) >= 11 is 0. The van der Waals surface area contributed by atoms with E-state index in [-0.39, 0.29) is 24.4 Å². The van der Waals surface area contributed by atoms with E-state index in [0.29, 0.717) is 6.42 Å². The standard InChI is InChI=1S/C15H20N2O2.ClH/c18-15(9-14-2-1-7-19-14)17-13-4-3-11-5-6-16-10-12(11)8-13;/h3-4,8,14,16H,1-2,5-7,9-10H2,(H,17,18);1H.